The van der Waals surface area contributed by atoms with Gasteiger partial charge in [0.05, 0.1) is 11.4 Å². The molecule has 36 heavy (non-hydrogen) atoms. The molecule has 1 saturated heterocycles. The highest BCUT2D eigenvalue weighted by molar-refractivity contribution is 5.70. The van der Waals surface area contributed by atoms with Gasteiger partial charge in [-0.3, -0.25) is 4.40 Å². The van der Waals surface area contributed by atoms with Crippen LogP contribution in [0, 0.1) is 5.82 Å². The van der Waals surface area contributed by atoms with Crippen molar-refractivity contribution >= 4 is 23.2 Å². The largest absolute Gasteiger partial charge is 0.335 e. The Bertz CT molecular complexity index is 1490. The summed E-state index contributed by atoms with van der Waals surface area (Å²) in [5.74, 6) is 1.92. The average molecular weight is 491 g/mol. The van der Waals surface area contributed by atoms with E-state index in [1.54, 1.807) is 18.3 Å². The van der Waals surface area contributed by atoms with Crippen LogP contribution in [-0.2, 0) is 0 Å². The number of hydrogen-bond acceptors (Lipinski definition) is 11. The predicted octanol–water partition coefficient (Wildman–Crippen LogP) is 2.87. The second-order valence-corrected chi connectivity index (χ2v) is 8.92. The molecular formula is C22H23FN12O. The van der Waals surface area contributed by atoms with Crippen LogP contribution in [0.5, 0.6) is 0 Å². The van der Waals surface area contributed by atoms with Gasteiger partial charge in [-0.1, -0.05) is 19.0 Å². The lowest BCUT2D eigenvalue weighted by Crippen LogP contribution is -2.33. The molecule has 1 N–H and O–H groups in total. The van der Waals surface area contributed by atoms with Gasteiger partial charge in [-0.25, -0.2) is 14.1 Å². The molecule has 4 aromatic heterocycles. The van der Waals surface area contributed by atoms with Gasteiger partial charge in [0, 0.05) is 43.4 Å². The van der Waals surface area contributed by atoms with Crippen molar-refractivity contribution in [2.45, 2.75) is 38.5 Å². The smallest absolute Gasteiger partial charge is 0.324 e. The molecule has 0 unspecified atom stereocenters. The first-order valence-electron chi connectivity index (χ1n) is 11.6. The number of halogens is 1. The fraction of sp³-hybridized carbons (Fsp3) is 0.364. The van der Waals surface area contributed by atoms with Gasteiger partial charge in [-0.05, 0) is 35.4 Å². The normalized spacial score (nSPS) is 14.7. The highest BCUT2D eigenvalue weighted by atomic mass is 19.1. The Kier molecular flexibility index (Phi) is 5.47. The Morgan fingerprint density at radius 1 is 1.17 bits per heavy atom. The molecule has 6 rings (SSSR count). The van der Waals surface area contributed by atoms with Gasteiger partial charge in [-0.15, -0.1) is 15.3 Å². The summed E-state index contributed by atoms with van der Waals surface area (Å²) in [5, 5.41) is 26.8. The van der Waals surface area contributed by atoms with Crippen molar-refractivity contribution < 1.29 is 8.91 Å². The molecular weight excluding hydrogens is 467 g/mol. The monoisotopic (exact) mass is 490 g/mol. The highest BCUT2D eigenvalue weighted by Crippen LogP contribution is 2.31. The predicted molar refractivity (Wildman–Crippen MR) is 126 cm³/mol. The molecule has 184 valence electrons. The molecule has 1 aliphatic rings. The fourth-order valence-corrected chi connectivity index (χ4v) is 4.28. The van der Waals surface area contributed by atoms with Gasteiger partial charge < -0.3 is 14.7 Å². The van der Waals surface area contributed by atoms with Crippen molar-refractivity contribution in [3.63, 3.8) is 0 Å². The van der Waals surface area contributed by atoms with Crippen molar-refractivity contribution in [2.75, 3.05) is 23.3 Å². The lowest BCUT2D eigenvalue weighted by molar-refractivity contribution is 0.384. The van der Waals surface area contributed by atoms with Crippen LogP contribution in [0.15, 0.2) is 41.4 Å². The first-order chi connectivity index (χ1) is 17.6. The van der Waals surface area contributed by atoms with Gasteiger partial charge in [0.25, 0.3) is 0 Å². The Morgan fingerprint density at radius 3 is 2.75 bits per heavy atom. The van der Waals surface area contributed by atoms with Crippen LogP contribution in [0.3, 0.4) is 0 Å². The molecule has 1 fully saturated rings. The number of benzene rings is 1. The second kappa shape index (κ2) is 8.94. The minimum atomic E-state index is -0.472. The van der Waals surface area contributed by atoms with E-state index in [0.29, 0.717) is 29.0 Å². The van der Waals surface area contributed by atoms with E-state index >= 15 is 0 Å². The molecule has 13 nitrogen and oxygen atoms in total. The van der Waals surface area contributed by atoms with Crippen LogP contribution in [-0.4, -0.2) is 63.0 Å². The molecule has 0 spiro atoms. The fourth-order valence-electron chi connectivity index (χ4n) is 4.28. The third kappa shape index (κ3) is 3.99. The molecule has 14 heteroatoms. The molecule has 0 radical (unpaired) electrons. The molecule has 0 amide bonds. The Hall–Kier alpha value is -4.49. The van der Waals surface area contributed by atoms with Crippen molar-refractivity contribution in [2.24, 2.45) is 0 Å². The summed E-state index contributed by atoms with van der Waals surface area (Å²) in [6.45, 7) is 5.62. The summed E-state index contributed by atoms with van der Waals surface area (Å²) in [6.07, 6.45) is 6.59. The lowest BCUT2D eigenvalue weighted by Gasteiger charge is -2.29. The maximum atomic E-state index is 14.8. The van der Waals surface area contributed by atoms with E-state index in [4.69, 9.17) is 4.52 Å². The third-order valence-electron chi connectivity index (χ3n) is 6.25. The summed E-state index contributed by atoms with van der Waals surface area (Å²) in [4.78, 5) is 11.0. The van der Waals surface area contributed by atoms with E-state index in [1.807, 2.05) is 24.4 Å². The number of aromatic nitrogens is 10. The number of tetrazole rings is 1. The minimum Gasteiger partial charge on any atom is -0.335 e. The number of anilines is 3. The SMILES string of the molecule is CC(C)c1noc(N2CCC(c3nnc4c(Nc5ccc(-n6cnnn6)cc5F)nccn34)CC2)n1. The van der Waals surface area contributed by atoms with Crippen molar-refractivity contribution in [1.29, 1.82) is 0 Å². The molecule has 0 bridgehead atoms. The number of hydrogen-bond donors (Lipinski definition) is 1. The molecule has 1 aliphatic heterocycles. The topological polar surface area (TPSA) is 141 Å². The summed E-state index contributed by atoms with van der Waals surface area (Å²) >= 11 is 0. The molecule has 5 aromatic rings. The number of nitrogens with one attached hydrogen (secondary N) is 1. The van der Waals surface area contributed by atoms with Crippen LogP contribution >= 0.6 is 0 Å². The quantitative estimate of drug-likeness (QED) is 0.375. The van der Waals surface area contributed by atoms with E-state index in [9.17, 15) is 4.39 Å². The molecule has 0 saturated carbocycles. The first kappa shape index (κ1) is 22.0. The standard InChI is InChI=1S/C22H23FN12O/c1-13(2)18-27-22(36-30-18)33-8-5-14(6-9-33)20-28-29-21-19(24-7-10-34(20)21)26-17-4-3-15(11-16(17)23)35-12-25-31-32-35/h3-4,7,10-14H,5-6,8-9H2,1-2H3,(H,24,26). The number of fused-ring (bicyclic) bond motifs is 1. The van der Waals surface area contributed by atoms with Crippen LogP contribution in [0.1, 0.15) is 50.2 Å². The lowest BCUT2D eigenvalue weighted by atomic mass is 9.96. The Morgan fingerprint density at radius 2 is 2.03 bits per heavy atom. The van der Waals surface area contributed by atoms with Crippen LogP contribution in [0.4, 0.5) is 21.9 Å². The second-order valence-electron chi connectivity index (χ2n) is 8.92. The first-order valence-corrected chi connectivity index (χ1v) is 11.6. The summed E-state index contributed by atoms with van der Waals surface area (Å²) in [7, 11) is 0. The van der Waals surface area contributed by atoms with Crippen LogP contribution in [0.25, 0.3) is 11.3 Å². The zero-order valence-corrected chi connectivity index (χ0v) is 19.7. The zero-order valence-electron chi connectivity index (χ0n) is 19.7. The summed E-state index contributed by atoms with van der Waals surface area (Å²) < 4.78 is 23.5. The Labute approximate surface area is 204 Å². The Balaban J connectivity index is 1.19. The maximum Gasteiger partial charge on any atom is 0.324 e. The van der Waals surface area contributed by atoms with E-state index in [0.717, 1.165) is 31.8 Å². The molecule has 1 aromatic carbocycles. The van der Waals surface area contributed by atoms with E-state index in [1.165, 1.54) is 17.1 Å². The highest BCUT2D eigenvalue weighted by Gasteiger charge is 2.28. The van der Waals surface area contributed by atoms with Gasteiger partial charge in [0.2, 0.25) is 5.65 Å². The molecule has 5 heterocycles. The third-order valence-corrected chi connectivity index (χ3v) is 6.25. The summed E-state index contributed by atoms with van der Waals surface area (Å²) in [5.41, 5.74) is 1.29. The van der Waals surface area contributed by atoms with Crippen LogP contribution < -0.4 is 10.2 Å². The van der Waals surface area contributed by atoms with E-state index in [-0.39, 0.29) is 17.5 Å². The van der Waals surface area contributed by atoms with Gasteiger partial charge >= 0.3 is 6.01 Å². The molecule has 0 aliphatic carbocycles. The van der Waals surface area contributed by atoms with Crippen LogP contribution in [0.2, 0.25) is 0 Å². The number of piperidine rings is 1. The minimum absolute atomic E-state index is 0.200. The van der Waals surface area contributed by atoms with Gasteiger partial charge in [0.15, 0.2) is 11.6 Å². The van der Waals surface area contributed by atoms with Crippen molar-refractivity contribution in [3.8, 4) is 5.69 Å². The van der Waals surface area contributed by atoms with E-state index in [2.05, 4.69) is 51.1 Å². The van der Waals surface area contributed by atoms with Gasteiger partial charge in [0.1, 0.15) is 18.0 Å². The number of rotatable bonds is 6. The molecule has 0 atom stereocenters. The van der Waals surface area contributed by atoms with E-state index < -0.39 is 5.82 Å². The average Bonchev–Trinajstić information content (AvgIpc) is 3.66. The van der Waals surface area contributed by atoms with Crippen molar-refractivity contribution in [3.05, 3.63) is 54.4 Å². The maximum absolute atomic E-state index is 14.8. The van der Waals surface area contributed by atoms with Gasteiger partial charge in [-0.2, -0.15) is 4.98 Å². The zero-order chi connectivity index (χ0) is 24.6. The summed E-state index contributed by atoms with van der Waals surface area (Å²) in [6, 6.07) is 5.22. The van der Waals surface area contributed by atoms with Crippen molar-refractivity contribution in [1.82, 2.24) is 49.9 Å². The number of nitrogens with zero attached hydrogens (tertiary/aromatic N) is 11.